The van der Waals surface area contributed by atoms with Gasteiger partial charge in [-0.15, -0.1) is 0 Å². The van der Waals surface area contributed by atoms with Gasteiger partial charge in [0.1, 0.15) is 17.8 Å². The maximum atomic E-state index is 14.8. The van der Waals surface area contributed by atoms with Crippen molar-refractivity contribution < 1.29 is 28.3 Å². The molecule has 2 heterocycles. The van der Waals surface area contributed by atoms with Crippen molar-refractivity contribution >= 4 is 23.6 Å². The molecule has 10 nitrogen and oxygen atoms in total. The van der Waals surface area contributed by atoms with E-state index in [9.17, 15) is 23.6 Å². The number of benzene rings is 1. The number of halogens is 1. The second-order valence-electron chi connectivity index (χ2n) is 13.5. The van der Waals surface area contributed by atoms with Gasteiger partial charge in [-0.2, -0.15) is 4.39 Å². The van der Waals surface area contributed by atoms with Crippen molar-refractivity contribution in [3.8, 4) is 5.75 Å². The molecular weight excluding hydrogens is 553 g/mol. The molecule has 0 bridgehead atoms. The summed E-state index contributed by atoms with van der Waals surface area (Å²) in [5.74, 6) is -1.16. The number of nitrogens with zero attached hydrogens (tertiary/aromatic N) is 3. The number of nitrogens with one attached hydrogen (secondary N) is 2. The first-order chi connectivity index (χ1) is 20.5. The predicted molar refractivity (Wildman–Crippen MR) is 159 cm³/mol. The molecule has 2 saturated heterocycles. The summed E-state index contributed by atoms with van der Waals surface area (Å²) in [5.41, 5.74) is -0.390. The van der Waals surface area contributed by atoms with Crippen molar-refractivity contribution in [1.29, 1.82) is 0 Å². The molecule has 5 rings (SSSR count). The summed E-state index contributed by atoms with van der Waals surface area (Å²) in [7, 11) is 2.12. The van der Waals surface area contributed by atoms with Crippen LogP contribution in [0.1, 0.15) is 76.1 Å². The van der Waals surface area contributed by atoms with Crippen molar-refractivity contribution in [1.82, 2.24) is 25.3 Å². The van der Waals surface area contributed by atoms with Crippen LogP contribution in [0.3, 0.4) is 0 Å². The molecule has 0 spiro atoms. The molecule has 43 heavy (non-hydrogen) atoms. The third-order valence-electron chi connectivity index (χ3n) is 9.30. The third-order valence-corrected chi connectivity index (χ3v) is 9.30. The summed E-state index contributed by atoms with van der Waals surface area (Å²) in [4.78, 5) is 59.4. The first-order valence-electron chi connectivity index (χ1n) is 15.8. The zero-order chi connectivity index (χ0) is 30.9. The summed E-state index contributed by atoms with van der Waals surface area (Å²) in [6, 6.07) is 5.04. The average Bonchev–Trinajstić information content (AvgIpc) is 3.89. The van der Waals surface area contributed by atoms with Crippen LogP contribution >= 0.6 is 0 Å². The molecule has 11 heteroatoms. The predicted octanol–water partition coefficient (Wildman–Crippen LogP) is 2.72. The van der Waals surface area contributed by atoms with Crippen LogP contribution in [0.25, 0.3) is 0 Å². The monoisotopic (exact) mass is 599 g/mol. The third kappa shape index (κ3) is 7.48. The van der Waals surface area contributed by atoms with Crippen molar-refractivity contribution in [2.75, 3.05) is 33.2 Å². The normalized spacial score (nSPS) is 24.8. The van der Waals surface area contributed by atoms with Crippen LogP contribution < -0.4 is 15.4 Å². The highest BCUT2D eigenvalue weighted by molar-refractivity contribution is 6.00. The number of rotatable bonds is 11. The van der Waals surface area contributed by atoms with Crippen molar-refractivity contribution in [3.05, 3.63) is 29.8 Å². The molecule has 0 aromatic heterocycles. The summed E-state index contributed by atoms with van der Waals surface area (Å²) < 4.78 is 20.0. The van der Waals surface area contributed by atoms with Crippen LogP contribution in [0, 0.1) is 11.8 Å². The number of likely N-dealkylation sites (tertiary alicyclic amines) is 1. The number of alkyl halides is 1. The molecule has 4 aliphatic rings. The van der Waals surface area contributed by atoms with Gasteiger partial charge in [0, 0.05) is 37.8 Å². The van der Waals surface area contributed by atoms with E-state index in [4.69, 9.17) is 4.74 Å². The van der Waals surface area contributed by atoms with Crippen LogP contribution in [-0.4, -0.2) is 102 Å². The molecule has 2 saturated carbocycles. The Labute approximate surface area is 253 Å². The molecule has 0 unspecified atom stereocenters. The fourth-order valence-electron chi connectivity index (χ4n) is 6.31. The highest BCUT2D eigenvalue weighted by atomic mass is 19.1. The lowest BCUT2D eigenvalue weighted by Crippen LogP contribution is -2.59. The van der Waals surface area contributed by atoms with Crippen molar-refractivity contribution in [2.24, 2.45) is 11.8 Å². The Kier molecular flexibility index (Phi) is 9.29. The highest BCUT2D eigenvalue weighted by Gasteiger charge is 2.44. The molecule has 2 N–H and O–H groups in total. The van der Waals surface area contributed by atoms with E-state index in [1.165, 1.54) is 25.0 Å². The molecule has 1 aromatic carbocycles. The lowest BCUT2D eigenvalue weighted by atomic mass is 10.0. The fraction of sp³-hybridized carbons (Fsp3) is 0.688. The smallest absolute Gasteiger partial charge is 0.316 e. The quantitative estimate of drug-likeness (QED) is 0.405. The average molecular weight is 600 g/mol. The Balaban J connectivity index is 1.26. The maximum absolute atomic E-state index is 14.8. The van der Waals surface area contributed by atoms with E-state index < -0.39 is 35.8 Å². The van der Waals surface area contributed by atoms with Crippen LogP contribution in [0.4, 0.5) is 4.39 Å². The van der Waals surface area contributed by atoms with Crippen LogP contribution in [0.15, 0.2) is 24.3 Å². The second-order valence-corrected chi connectivity index (χ2v) is 13.5. The second kappa shape index (κ2) is 12.8. The zero-order valence-corrected chi connectivity index (χ0v) is 25.8. The van der Waals surface area contributed by atoms with Crippen LogP contribution in [0.5, 0.6) is 5.75 Å². The zero-order valence-electron chi connectivity index (χ0n) is 25.8. The fourth-order valence-corrected chi connectivity index (χ4v) is 6.31. The topological polar surface area (TPSA) is 111 Å². The van der Waals surface area contributed by atoms with Crippen LogP contribution in [-0.2, 0) is 14.4 Å². The molecule has 4 amide bonds. The van der Waals surface area contributed by atoms with E-state index in [1.54, 1.807) is 17.0 Å². The Bertz CT molecular complexity index is 1220. The van der Waals surface area contributed by atoms with Gasteiger partial charge in [-0.25, -0.2) is 0 Å². The number of para-hydroxylation sites is 1. The first-order valence-corrected chi connectivity index (χ1v) is 15.8. The molecule has 2 aliphatic carbocycles. The number of carbonyl (C=O) groups is 4. The SMILES string of the molecule is CC(C)C[C@@H](NC(=O)c1ccccc1O[C@@H](F)C(=O)NC1(C)CC1)C(=O)N1CCC[C@@H]1C(=O)N1CCN(C)[C@@H](C2CC2)C1. The number of amides is 4. The molecule has 0 radical (unpaired) electrons. The minimum absolute atomic E-state index is 0.00899. The standard InChI is InChI=1S/C32H46FN5O5/c1-20(2)18-23(34-28(39)22-8-5-6-10-26(22)43-27(33)29(40)35-32(3)13-14-32)30(41)38-15-7-9-24(38)31(42)37-17-16-36(4)25(19-37)21-11-12-21/h5-6,8,10,20-21,23-25,27H,7,9,11-19H2,1-4H3,(H,34,39)(H,35,40)/t23-,24-,25-,27-/m1/s1. The Morgan fingerprint density at radius 2 is 1.79 bits per heavy atom. The van der Waals surface area contributed by atoms with E-state index >= 15 is 0 Å². The molecule has 236 valence electrons. The number of ether oxygens (including phenoxy) is 1. The van der Waals surface area contributed by atoms with E-state index in [0.29, 0.717) is 44.4 Å². The van der Waals surface area contributed by atoms with Crippen molar-refractivity contribution in [3.63, 3.8) is 0 Å². The first kappa shape index (κ1) is 31.2. The van der Waals surface area contributed by atoms with Gasteiger partial charge in [0.15, 0.2) is 0 Å². The molecular formula is C32H46FN5O5. The minimum Gasteiger partial charge on any atom is -0.451 e. The van der Waals surface area contributed by atoms with Crippen molar-refractivity contribution in [2.45, 2.75) is 95.7 Å². The lowest BCUT2D eigenvalue weighted by Gasteiger charge is -2.41. The summed E-state index contributed by atoms with van der Waals surface area (Å²) >= 11 is 0. The van der Waals surface area contributed by atoms with Gasteiger partial charge in [-0.3, -0.25) is 24.1 Å². The molecule has 1 aromatic rings. The van der Waals surface area contributed by atoms with Gasteiger partial charge < -0.3 is 25.2 Å². The largest absolute Gasteiger partial charge is 0.451 e. The number of hydrogen-bond acceptors (Lipinski definition) is 6. The summed E-state index contributed by atoms with van der Waals surface area (Å²) in [6.07, 6.45) is 3.36. The van der Waals surface area contributed by atoms with Gasteiger partial charge in [-0.1, -0.05) is 26.0 Å². The molecule has 4 atom stereocenters. The Morgan fingerprint density at radius 1 is 1.07 bits per heavy atom. The molecule has 4 fully saturated rings. The minimum atomic E-state index is -2.29. The van der Waals surface area contributed by atoms with Gasteiger partial charge >= 0.3 is 6.36 Å². The number of hydrogen-bond donors (Lipinski definition) is 2. The van der Waals surface area contributed by atoms with E-state index in [-0.39, 0.29) is 29.0 Å². The number of carbonyl (C=O) groups excluding carboxylic acids is 4. The van der Waals surface area contributed by atoms with Gasteiger partial charge in [0.2, 0.25) is 11.8 Å². The Hall–Kier alpha value is -3.21. The Morgan fingerprint density at radius 3 is 2.47 bits per heavy atom. The number of piperazine rings is 1. The van der Waals surface area contributed by atoms with E-state index in [0.717, 1.165) is 25.8 Å². The molecule has 2 aliphatic heterocycles. The van der Waals surface area contributed by atoms with E-state index in [1.807, 2.05) is 25.7 Å². The van der Waals surface area contributed by atoms with Gasteiger partial charge in [0.25, 0.3) is 11.8 Å². The summed E-state index contributed by atoms with van der Waals surface area (Å²) in [6.45, 7) is 8.37. The summed E-state index contributed by atoms with van der Waals surface area (Å²) in [5, 5.41) is 5.47. The van der Waals surface area contributed by atoms with Gasteiger partial charge in [0.05, 0.1) is 5.56 Å². The maximum Gasteiger partial charge on any atom is 0.316 e. The van der Waals surface area contributed by atoms with Gasteiger partial charge in [-0.05, 0) is 82.9 Å². The number of likely N-dealkylation sites (N-methyl/N-ethyl adjacent to an activating group) is 1. The highest BCUT2D eigenvalue weighted by Crippen LogP contribution is 2.37. The van der Waals surface area contributed by atoms with Crippen LogP contribution in [0.2, 0.25) is 0 Å². The van der Waals surface area contributed by atoms with E-state index in [2.05, 4.69) is 22.6 Å². The lowest BCUT2D eigenvalue weighted by molar-refractivity contribution is -0.146.